The molecule has 2 N–H and O–H groups in total. The van der Waals surface area contributed by atoms with Crippen LogP contribution in [0.3, 0.4) is 0 Å². The molecule has 0 amide bonds. The van der Waals surface area contributed by atoms with Gasteiger partial charge in [0.1, 0.15) is 10.3 Å². The second-order valence-electron chi connectivity index (χ2n) is 3.34. The summed E-state index contributed by atoms with van der Waals surface area (Å²) < 4.78 is 5.43. The quantitative estimate of drug-likeness (QED) is 0.848. The average molecular weight is 276 g/mol. The zero-order valence-corrected chi connectivity index (χ0v) is 10.3. The Labute approximate surface area is 96.4 Å². The fraction of sp³-hybridized carbons (Fsp3) is 0.556. The van der Waals surface area contributed by atoms with E-state index >= 15 is 0 Å². The average Bonchev–Trinajstić information content (AvgIpc) is 2.21. The molecule has 0 aliphatic carbocycles. The fourth-order valence-electron chi connectivity index (χ4n) is 1.12. The third-order valence-electron chi connectivity index (χ3n) is 1.87. The molecule has 1 aromatic heterocycles. The van der Waals surface area contributed by atoms with Crippen molar-refractivity contribution in [1.29, 1.82) is 0 Å². The molecule has 0 aliphatic heterocycles. The van der Waals surface area contributed by atoms with Gasteiger partial charge in [-0.25, -0.2) is 4.98 Å². The first kappa shape index (κ1) is 12.2. The molecular formula is C9H14BrN3O2. The summed E-state index contributed by atoms with van der Waals surface area (Å²) in [7, 11) is 1.66. The minimum Gasteiger partial charge on any atom is -0.384 e. The van der Waals surface area contributed by atoms with Crippen LogP contribution in [-0.4, -0.2) is 30.2 Å². The zero-order chi connectivity index (χ0) is 11.3. The van der Waals surface area contributed by atoms with E-state index in [2.05, 4.69) is 38.1 Å². The number of rotatable bonds is 5. The monoisotopic (exact) mass is 275 g/mol. The lowest BCUT2D eigenvalue weighted by Gasteiger charge is -2.12. The van der Waals surface area contributed by atoms with E-state index in [1.165, 1.54) is 6.33 Å². The molecule has 6 heteroatoms. The Kier molecular flexibility index (Phi) is 4.77. The minimum absolute atomic E-state index is 0.188. The molecule has 1 aromatic rings. The lowest BCUT2D eigenvalue weighted by molar-refractivity contribution is 0.164. The number of aromatic amines is 1. The Morgan fingerprint density at radius 1 is 1.73 bits per heavy atom. The van der Waals surface area contributed by atoms with Crippen LogP contribution in [0.5, 0.6) is 0 Å². The van der Waals surface area contributed by atoms with Crippen molar-refractivity contribution in [2.75, 3.05) is 25.6 Å². The molecule has 0 aromatic carbocycles. The highest BCUT2D eigenvalue weighted by Crippen LogP contribution is 2.13. The minimum atomic E-state index is -0.188. The number of aromatic nitrogens is 2. The van der Waals surface area contributed by atoms with E-state index in [1.54, 1.807) is 7.11 Å². The van der Waals surface area contributed by atoms with Crippen LogP contribution in [0, 0.1) is 5.92 Å². The summed E-state index contributed by atoms with van der Waals surface area (Å²) in [5.74, 6) is 0.921. The Morgan fingerprint density at radius 2 is 2.47 bits per heavy atom. The van der Waals surface area contributed by atoms with Crippen LogP contribution < -0.4 is 10.9 Å². The molecule has 15 heavy (non-hydrogen) atoms. The van der Waals surface area contributed by atoms with Crippen molar-refractivity contribution in [1.82, 2.24) is 9.97 Å². The molecule has 0 saturated heterocycles. The van der Waals surface area contributed by atoms with Gasteiger partial charge in [0.05, 0.1) is 12.9 Å². The van der Waals surface area contributed by atoms with Gasteiger partial charge in [-0.3, -0.25) is 4.79 Å². The van der Waals surface area contributed by atoms with E-state index < -0.39 is 0 Å². The van der Waals surface area contributed by atoms with Gasteiger partial charge in [0.15, 0.2) is 0 Å². The SMILES string of the molecule is COCC(C)CNc1nc[nH]c(=O)c1Br. The lowest BCUT2D eigenvalue weighted by Crippen LogP contribution is -2.19. The molecule has 0 fully saturated rings. The summed E-state index contributed by atoms with van der Waals surface area (Å²) >= 11 is 3.17. The first-order valence-electron chi connectivity index (χ1n) is 4.61. The number of hydrogen-bond donors (Lipinski definition) is 2. The van der Waals surface area contributed by atoms with E-state index in [0.717, 1.165) is 0 Å². The molecule has 0 spiro atoms. The van der Waals surface area contributed by atoms with Crippen molar-refractivity contribution in [3.05, 3.63) is 21.2 Å². The number of methoxy groups -OCH3 is 1. The van der Waals surface area contributed by atoms with Crippen molar-refractivity contribution in [3.63, 3.8) is 0 Å². The molecule has 1 rings (SSSR count). The smallest absolute Gasteiger partial charge is 0.267 e. The Morgan fingerprint density at radius 3 is 3.13 bits per heavy atom. The summed E-state index contributed by atoms with van der Waals surface area (Å²) in [6.07, 6.45) is 1.37. The van der Waals surface area contributed by atoms with Crippen molar-refractivity contribution >= 4 is 21.7 Å². The summed E-state index contributed by atoms with van der Waals surface area (Å²) in [6.45, 7) is 3.44. The maximum absolute atomic E-state index is 11.2. The standard InChI is InChI=1S/C9H14BrN3O2/c1-6(4-15-2)3-11-8-7(10)9(14)13-5-12-8/h5-6H,3-4H2,1-2H3,(H2,11,12,13,14). The number of anilines is 1. The van der Waals surface area contributed by atoms with Crippen LogP contribution in [0.2, 0.25) is 0 Å². The highest BCUT2D eigenvalue weighted by Gasteiger charge is 2.06. The van der Waals surface area contributed by atoms with Gasteiger partial charge >= 0.3 is 0 Å². The van der Waals surface area contributed by atoms with Gasteiger partial charge in [-0.05, 0) is 21.8 Å². The number of nitrogens with zero attached hydrogens (tertiary/aromatic N) is 1. The first-order valence-corrected chi connectivity index (χ1v) is 5.40. The number of nitrogens with one attached hydrogen (secondary N) is 2. The molecule has 0 bridgehead atoms. The van der Waals surface area contributed by atoms with E-state index in [-0.39, 0.29) is 5.56 Å². The van der Waals surface area contributed by atoms with Crippen LogP contribution in [0.25, 0.3) is 0 Å². The molecule has 0 saturated carbocycles. The maximum Gasteiger partial charge on any atom is 0.267 e. The highest BCUT2D eigenvalue weighted by atomic mass is 79.9. The van der Waals surface area contributed by atoms with Gasteiger partial charge in [-0.2, -0.15) is 0 Å². The molecule has 1 atom stereocenters. The van der Waals surface area contributed by atoms with Gasteiger partial charge in [0, 0.05) is 13.7 Å². The predicted octanol–water partition coefficient (Wildman–Crippen LogP) is 1.23. The molecule has 84 valence electrons. The zero-order valence-electron chi connectivity index (χ0n) is 8.71. The fourth-order valence-corrected chi connectivity index (χ4v) is 1.48. The summed E-state index contributed by atoms with van der Waals surface area (Å²) in [4.78, 5) is 17.7. The van der Waals surface area contributed by atoms with Crippen molar-refractivity contribution in [2.24, 2.45) is 5.92 Å². The van der Waals surface area contributed by atoms with E-state index in [9.17, 15) is 4.79 Å². The van der Waals surface area contributed by atoms with Crippen LogP contribution in [0.1, 0.15) is 6.92 Å². The maximum atomic E-state index is 11.2. The van der Waals surface area contributed by atoms with Crippen molar-refractivity contribution < 1.29 is 4.74 Å². The lowest BCUT2D eigenvalue weighted by atomic mass is 10.2. The summed E-state index contributed by atoms with van der Waals surface area (Å²) in [6, 6.07) is 0. The third-order valence-corrected chi connectivity index (χ3v) is 2.60. The highest BCUT2D eigenvalue weighted by molar-refractivity contribution is 9.10. The van der Waals surface area contributed by atoms with Gasteiger partial charge in [-0.1, -0.05) is 6.92 Å². The molecule has 1 heterocycles. The molecule has 5 nitrogen and oxygen atoms in total. The number of ether oxygens (including phenoxy) is 1. The molecular weight excluding hydrogens is 262 g/mol. The largest absolute Gasteiger partial charge is 0.384 e. The van der Waals surface area contributed by atoms with Crippen molar-refractivity contribution in [2.45, 2.75) is 6.92 Å². The first-order chi connectivity index (χ1) is 7.15. The van der Waals surface area contributed by atoms with E-state index in [0.29, 0.717) is 29.4 Å². The van der Waals surface area contributed by atoms with Crippen LogP contribution in [0.4, 0.5) is 5.82 Å². The van der Waals surface area contributed by atoms with E-state index in [1.807, 2.05) is 0 Å². The van der Waals surface area contributed by atoms with Gasteiger partial charge < -0.3 is 15.0 Å². The van der Waals surface area contributed by atoms with Gasteiger partial charge in [-0.15, -0.1) is 0 Å². The van der Waals surface area contributed by atoms with Gasteiger partial charge in [0.25, 0.3) is 5.56 Å². The van der Waals surface area contributed by atoms with Crippen LogP contribution in [-0.2, 0) is 4.74 Å². The van der Waals surface area contributed by atoms with Crippen LogP contribution >= 0.6 is 15.9 Å². The second kappa shape index (κ2) is 5.87. The van der Waals surface area contributed by atoms with Crippen molar-refractivity contribution in [3.8, 4) is 0 Å². The second-order valence-corrected chi connectivity index (χ2v) is 4.13. The van der Waals surface area contributed by atoms with Crippen LogP contribution in [0.15, 0.2) is 15.6 Å². The molecule has 1 unspecified atom stereocenters. The summed E-state index contributed by atoms with van der Waals surface area (Å²) in [5.41, 5.74) is -0.188. The topological polar surface area (TPSA) is 67.0 Å². The Balaban J connectivity index is 2.58. The third kappa shape index (κ3) is 3.64. The normalized spacial score (nSPS) is 12.5. The Hall–Kier alpha value is -0.880. The van der Waals surface area contributed by atoms with E-state index in [4.69, 9.17) is 4.74 Å². The number of halogens is 1. The Bertz CT molecular complexity index is 367. The summed E-state index contributed by atoms with van der Waals surface area (Å²) in [5, 5.41) is 3.08. The van der Waals surface area contributed by atoms with Gasteiger partial charge in [0.2, 0.25) is 0 Å². The number of H-pyrrole nitrogens is 1. The predicted molar refractivity (Wildman–Crippen MR) is 62.1 cm³/mol. The number of hydrogen-bond acceptors (Lipinski definition) is 4. The molecule has 0 radical (unpaired) electrons. The molecule has 0 aliphatic rings.